The summed E-state index contributed by atoms with van der Waals surface area (Å²) in [7, 11) is -2.08. The summed E-state index contributed by atoms with van der Waals surface area (Å²) in [4.78, 5) is 1.54. The van der Waals surface area contributed by atoms with Crippen LogP contribution in [-0.4, -0.2) is 26.9 Å². The van der Waals surface area contributed by atoms with Crippen LogP contribution in [0.1, 0.15) is 0 Å². The molecule has 0 saturated carbocycles. The Labute approximate surface area is 97.2 Å². The highest BCUT2D eigenvalue weighted by molar-refractivity contribution is 8.14. The molecule has 0 saturated heterocycles. The molecule has 0 bridgehead atoms. The summed E-state index contributed by atoms with van der Waals surface area (Å²) in [5.41, 5.74) is 0.445. The van der Waals surface area contributed by atoms with Gasteiger partial charge < -0.3 is 4.90 Å². The van der Waals surface area contributed by atoms with Crippen molar-refractivity contribution in [1.82, 2.24) is 0 Å². The lowest BCUT2D eigenvalue weighted by atomic mass is 10.3. The maximum atomic E-state index is 13.0. The van der Waals surface area contributed by atoms with Crippen molar-refractivity contribution in [3.8, 4) is 0 Å². The van der Waals surface area contributed by atoms with E-state index in [9.17, 15) is 12.8 Å². The predicted molar refractivity (Wildman–Crippen MR) is 62.9 cm³/mol. The van der Waals surface area contributed by atoms with Gasteiger partial charge in [-0.05, 0) is 24.5 Å². The number of benzene rings is 1. The molecule has 1 aliphatic heterocycles. The molecule has 0 aromatic heterocycles. The molecule has 1 aromatic carbocycles. The topological polar surface area (TPSA) is 49.7 Å². The van der Waals surface area contributed by atoms with E-state index in [0.717, 1.165) is 6.07 Å². The number of thioether (sulfide) groups is 1. The number of amidine groups is 1. The lowest BCUT2D eigenvalue weighted by molar-refractivity contribution is 0.591. The van der Waals surface area contributed by atoms with Crippen molar-refractivity contribution < 1.29 is 12.8 Å². The Kier molecular flexibility index (Phi) is 2.67. The molecule has 0 atom stereocenters. The highest BCUT2D eigenvalue weighted by atomic mass is 32.2. The smallest absolute Gasteiger partial charge is 0.286 e. The van der Waals surface area contributed by atoms with Gasteiger partial charge >= 0.3 is 0 Å². The van der Waals surface area contributed by atoms with Crippen LogP contribution in [0.5, 0.6) is 0 Å². The highest BCUT2D eigenvalue weighted by Gasteiger charge is 2.28. The van der Waals surface area contributed by atoms with Gasteiger partial charge in [0.15, 0.2) is 5.17 Å². The van der Waals surface area contributed by atoms with Crippen LogP contribution in [0.2, 0.25) is 0 Å². The van der Waals surface area contributed by atoms with E-state index in [4.69, 9.17) is 0 Å². The average molecular weight is 260 g/mol. The molecule has 1 aromatic rings. The van der Waals surface area contributed by atoms with Crippen LogP contribution in [-0.2, 0) is 10.0 Å². The predicted octanol–water partition coefficient (Wildman–Crippen LogP) is 1.68. The number of halogens is 1. The zero-order chi connectivity index (χ0) is 11.9. The van der Waals surface area contributed by atoms with E-state index in [1.807, 2.05) is 0 Å². The molecule has 86 valence electrons. The molecule has 0 spiro atoms. The summed E-state index contributed by atoms with van der Waals surface area (Å²) in [5.74, 6) is -0.585. The van der Waals surface area contributed by atoms with Crippen molar-refractivity contribution in [3.05, 3.63) is 24.0 Å². The van der Waals surface area contributed by atoms with Gasteiger partial charge in [0, 0.05) is 7.05 Å². The van der Waals surface area contributed by atoms with Crippen LogP contribution in [0.3, 0.4) is 0 Å². The molecule has 2 rings (SSSR count). The number of nitrogens with zero attached hydrogens (tertiary/aromatic N) is 2. The molecule has 1 heterocycles. The van der Waals surface area contributed by atoms with Crippen LogP contribution in [0.25, 0.3) is 0 Å². The second-order valence-electron chi connectivity index (χ2n) is 3.22. The van der Waals surface area contributed by atoms with E-state index in [1.165, 1.54) is 23.9 Å². The fourth-order valence-corrected chi connectivity index (χ4v) is 3.58. The zero-order valence-electron chi connectivity index (χ0n) is 8.64. The van der Waals surface area contributed by atoms with Crippen molar-refractivity contribution in [2.75, 3.05) is 18.2 Å². The third-order valence-electron chi connectivity index (χ3n) is 2.23. The van der Waals surface area contributed by atoms with Gasteiger partial charge in [-0.15, -0.1) is 4.40 Å². The zero-order valence-corrected chi connectivity index (χ0v) is 10.3. The lowest BCUT2D eigenvalue weighted by Crippen LogP contribution is -2.29. The molecule has 4 nitrogen and oxygen atoms in total. The van der Waals surface area contributed by atoms with Gasteiger partial charge in [0.25, 0.3) is 10.0 Å². The van der Waals surface area contributed by atoms with E-state index < -0.39 is 15.8 Å². The number of fused-ring (bicyclic) bond motifs is 1. The van der Waals surface area contributed by atoms with E-state index in [2.05, 4.69) is 4.40 Å². The van der Waals surface area contributed by atoms with E-state index in [-0.39, 0.29) is 4.90 Å². The molecule has 7 heteroatoms. The normalized spacial score (nSPS) is 17.9. The summed E-state index contributed by atoms with van der Waals surface area (Å²) < 4.78 is 40.1. The molecular formula is C9H9FN2O2S2. The number of rotatable bonds is 0. The van der Waals surface area contributed by atoms with Crippen LogP contribution in [0.15, 0.2) is 27.5 Å². The Morgan fingerprint density at radius 3 is 2.75 bits per heavy atom. The van der Waals surface area contributed by atoms with Crippen LogP contribution in [0, 0.1) is 5.82 Å². The second-order valence-corrected chi connectivity index (χ2v) is 5.57. The molecule has 0 fully saturated rings. The molecule has 0 N–H and O–H groups in total. The molecule has 0 aliphatic carbocycles. The minimum absolute atomic E-state index is 0.0900. The third-order valence-corrected chi connectivity index (χ3v) is 4.37. The Bertz CT molecular complexity index is 569. The van der Waals surface area contributed by atoms with Gasteiger partial charge in [0.05, 0.1) is 5.69 Å². The fourth-order valence-electron chi connectivity index (χ4n) is 1.46. The Hall–Kier alpha value is -1.08. The first-order valence-corrected chi connectivity index (χ1v) is 7.04. The van der Waals surface area contributed by atoms with Crippen molar-refractivity contribution in [3.63, 3.8) is 0 Å². The Morgan fingerprint density at radius 2 is 2.12 bits per heavy atom. The standard InChI is InChI=1S/C9H9FN2O2S2/c1-12-7-4-3-6(10)5-8(7)16(13,14)11-9(12)15-2/h3-5H,1-2H3. The SMILES string of the molecule is CSC1=NS(=O)(=O)c2cc(F)ccc2N1C. The van der Waals surface area contributed by atoms with Gasteiger partial charge in [0.2, 0.25) is 0 Å². The Balaban J connectivity index is 2.72. The van der Waals surface area contributed by atoms with Crippen molar-refractivity contribution in [2.45, 2.75) is 4.90 Å². The molecular weight excluding hydrogens is 251 g/mol. The van der Waals surface area contributed by atoms with Crippen molar-refractivity contribution in [2.24, 2.45) is 4.40 Å². The second kappa shape index (κ2) is 3.74. The first-order chi connectivity index (χ1) is 7.45. The lowest BCUT2D eigenvalue weighted by Gasteiger charge is -2.25. The molecule has 1 aliphatic rings. The minimum atomic E-state index is -3.77. The van der Waals surface area contributed by atoms with Crippen LogP contribution in [0.4, 0.5) is 10.1 Å². The summed E-state index contributed by atoms with van der Waals surface area (Å²) >= 11 is 1.23. The van der Waals surface area contributed by atoms with Gasteiger partial charge in [0.1, 0.15) is 10.7 Å². The molecule has 16 heavy (non-hydrogen) atoms. The van der Waals surface area contributed by atoms with Crippen LogP contribution < -0.4 is 4.90 Å². The molecule has 0 radical (unpaired) electrons. The van der Waals surface area contributed by atoms with Gasteiger partial charge in [-0.1, -0.05) is 11.8 Å². The number of sulfonamides is 1. The maximum Gasteiger partial charge on any atom is 0.286 e. The largest absolute Gasteiger partial charge is 0.322 e. The van der Waals surface area contributed by atoms with Crippen molar-refractivity contribution >= 4 is 32.6 Å². The minimum Gasteiger partial charge on any atom is -0.322 e. The first kappa shape index (κ1) is 11.4. The monoisotopic (exact) mass is 260 g/mol. The molecule has 0 amide bonds. The quantitative estimate of drug-likeness (QED) is 0.712. The summed E-state index contributed by atoms with van der Waals surface area (Å²) in [6.07, 6.45) is 1.74. The average Bonchev–Trinajstić information content (AvgIpc) is 2.23. The third kappa shape index (κ3) is 1.69. The van der Waals surface area contributed by atoms with E-state index >= 15 is 0 Å². The van der Waals surface area contributed by atoms with Gasteiger partial charge in [-0.25, -0.2) is 4.39 Å². The maximum absolute atomic E-state index is 13.0. The fraction of sp³-hybridized carbons (Fsp3) is 0.222. The summed E-state index contributed by atoms with van der Waals surface area (Å²) in [6, 6.07) is 3.66. The van der Waals surface area contributed by atoms with Crippen LogP contribution >= 0.6 is 11.8 Å². The number of anilines is 1. The summed E-state index contributed by atoms with van der Waals surface area (Å²) in [6.45, 7) is 0. The van der Waals surface area contributed by atoms with E-state index in [0.29, 0.717) is 10.9 Å². The van der Waals surface area contributed by atoms with Gasteiger partial charge in [-0.3, -0.25) is 0 Å². The summed E-state index contributed by atoms with van der Waals surface area (Å²) in [5, 5.41) is 0.374. The van der Waals surface area contributed by atoms with E-state index in [1.54, 1.807) is 18.2 Å². The van der Waals surface area contributed by atoms with Gasteiger partial charge in [-0.2, -0.15) is 8.42 Å². The Morgan fingerprint density at radius 1 is 1.44 bits per heavy atom. The van der Waals surface area contributed by atoms with Crippen molar-refractivity contribution in [1.29, 1.82) is 0 Å². The first-order valence-electron chi connectivity index (χ1n) is 4.38. The highest BCUT2D eigenvalue weighted by Crippen LogP contribution is 2.32. The molecule has 0 unspecified atom stereocenters. The number of hydrogen-bond donors (Lipinski definition) is 0. The number of hydrogen-bond acceptors (Lipinski definition) is 4.